The third kappa shape index (κ3) is 2.30. The Bertz CT molecular complexity index is 589. The predicted octanol–water partition coefficient (Wildman–Crippen LogP) is 3.34. The summed E-state index contributed by atoms with van der Waals surface area (Å²) >= 11 is 0. The minimum absolute atomic E-state index is 0.508. The quantitative estimate of drug-likeness (QED) is 0.624. The van der Waals surface area contributed by atoms with Crippen molar-refractivity contribution in [1.82, 2.24) is 4.98 Å². The number of hydrogen-bond acceptors (Lipinski definition) is 3. The average Bonchev–Trinajstić information content (AvgIpc) is 2.40. The standard InChI is InChI=1S/C15H17N3/c16-12-7-8-14-11(10-12)6-9-15(18-14)17-13-4-2-1-3-5-13/h1-2,6-10,13H,3-5,16H2,(H,17,18). The van der Waals surface area contributed by atoms with E-state index in [1.807, 2.05) is 24.3 Å². The Morgan fingerprint density at radius 1 is 1.17 bits per heavy atom. The fraction of sp³-hybridized carbons (Fsp3) is 0.267. The van der Waals surface area contributed by atoms with E-state index in [9.17, 15) is 0 Å². The summed E-state index contributed by atoms with van der Waals surface area (Å²) in [4.78, 5) is 4.62. The van der Waals surface area contributed by atoms with Crippen molar-refractivity contribution in [2.75, 3.05) is 11.1 Å². The minimum atomic E-state index is 0.508. The van der Waals surface area contributed by atoms with Gasteiger partial charge in [0.25, 0.3) is 0 Å². The number of nitrogen functional groups attached to an aromatic ring is 1. The molecule has 3 rings (SSSR count). The van der Waals surface area contributed by atoms with E-state index in [1.54, 1.807) is 0 Å². The van der Waals surface area contributed by atoms with Gasteiger partial charge >= 0.3 is 0 Å². The lowest BCUT2D eigenvalue weighted by molar-refractivity contribution is 0.642. The fourth-order valence-corrected chi connectivity index (χ4v) is 2.36. The van der Waals surface area contributed by atoms with Gasteiger partial charge in [-0.05, 0) is 49.6 Å². The summed E-state index contributed by atoms with van der Waals surface area (Å²) in [5.74, 6) is 0.951. The molecule has 0 saturated heterocycles. The molecule has 0 radical (unpaired) electrons. The molecule has 3 heteroatoms. The van der Waals surface area contributed by atoms with E-state index in [0.29, 0.717) is 6.04 Å². The Kier molecular flexibility index (Phi) is 2.89. The van der Waals surface area contributed by atoms with Crippen LogP contribution < -0.4 is 11.1 Å². The first-order chi connectivity index (χ1) is 8.81. The molecule has 1 atom stereocenters. The highest BCUT2D eigenvalue weighted by molar-refractivity contribution is 5.83. The molecule has 0 fully saturated rings. The third-order valence-corrected chi connectivity index (χ3v) is 3.33. The largest absolute Gasteiger partial charge is 0.399 e. The van der Waals surface area contributed by atoms with Crippen molar-refractivity contribution in [1.29, 1.82) is 0 Å². The Labute approximate surface area is 107 Å². The van der Waals surface area contributed by atoms with Gasteiger partial charge in [0.2, 0.25) is 0 Å². The molecule has 1 unspecified atom stereocenters. The molecule has 92 valence electrons. The van der Waals surface area contributed by atoms with Crippen molar-refractivity contribution in [3.63, 3.8) is 0 Å². The zero-order valence-corrected chi connectivity index (χ0v) is 10.3. The zero-order chi connectivity index (χ0) is 12.4. The van der Waals surface area contributed by atoms with Crippen LogP contribution in [0.4, 0.5) is 11.5 Å². The summed E-state index contributed by atoms with van der Waals surface area (Å²) in [7, 11) is 0. The Hall–Kier alpha value is -2.03. The molecular formula is C15H17N3. The average molecular weight is 239 g/mol. The smallest absolute Gasteiger partial charge is 0.126 e. The van der Waals surface area contributed by atoms with Crippen LogP contribution in [-0.2, 0) is 0 Å². The molecule has 3 nitrogen and oxygen atoms in total. The molecule has 1 heterocycles. The second-order valence-corrected chi connectivity index (χ2v) is 4.77. The highest BCUT2D eigenvalue weighted by Crippen LogP contribution is 2.20. The van der Waals surface area contributed by atoms with Crippen molar-refractivity contribution in [3.8, 4) is 0 Å². The van der Waals surface area contributed by atoms with Crippen LogP contribution >= 0.6 is 0 Å². The molecule has 0 aliphatic heterocycles. The van der Waals surface area contributed by atoms with E-state index in [-0.39, 0.29) is 0 Å². The van der Waals surface area contributed by atoms with Crippen molar-refractivity contribution >= 4 is 22.4 Å². The van der Waals surface area contributed by atoms with Gasteiger partial charge in [0.1, 0.15) is 5.82 Å². The molecule has 1 aliphatic rings. The predicted molar refractivity (Wildman–Crippen MR) is 76.6 cm³/mol. The number of nitrogens with zero attached hydrogens (tertiary/aromatic N) is 1. The van der Waals surface area contributed by atoms with Gasteiger partial charge in [0.15, 0.2) is 0 Å². The lowest BCUT2D eigenvalue weighted by Gasteiger charge is -2.20. The number of hydrogen-bond donors (Lipinski definition) is 2. The summed E-state index contributed by atoms with van der Waals surface area (Å²) in [6, 6.07) is 10.4. The first-order valence-corrected chi connectivity index (χ1v) is 6.39. The Morgan fingerprint density at radius 2 is 2.11 bits per heavy atom. The van der Waals surface area contributed by atoms with Gasteiger partial charge in [-0.15, -0.1) is 0 Å². The van der Waals surface area contributed by atoms with E-state index in [2.05, 4.69) is 28.5 Å². The lowest BCUT2D eigenvalue weighted by Crippen LogP contribution is -2.20. The van der Waals surface area contributed by atoms with Crippen LogP contribution in [0.3, 0.4) is 0 Å². The number of nitrogens with one attached hydrogen (secondary N) is 1. The molecular weight excluding hydrogens is 222 g/mol. The first-order valence-electron chi connectivity index (χ1n) is 6.39. The number of fused-ring (bicyclic) bond motifs is 1. The number of nitrogens with two attached hydrogens (primary N) is 1. The number of anilines is 2. The summed E-state index contributed by atoms with van der Waals surface area (Å²) in [5, 5.41) is 4.58. The maximum Gasteiger partial charge on any atom is 0.126 e. The van der Waals surface area contributed by atoms with Crippen LogP contribution in [0, 0.1) is 0 Å². The monoisotopic (exact) mass is 239 g/mol. The van der Waals surface area contributed by atoms with Gasteiger partial charge in [0, 0.05) is 17.1 Å². The van der Waals surface area contributed by atoms with Crippen LogP contribution in [0.2, 0.25) is 0 Å². The van der Waals surface area contributed by atoms with Crippen molar-refractivity contribution < 1.29 is 0 Å². The van der Waals surface area contributed by atoms with E-state index in [1.165, 1.54) is 6.42 Å². The van der Waals surface area contributed by atoms with Gasteiger partial charge in [-0.3, -0.25) is 0 Å². The molecule has 3 N–H and O–H groups in total. The van der Waals surface area contributed by atoms with E-state index in [4.69, 9.17) is 5.73 Å². The van der Waals surface area contributed by atoms with E-state index < -0.39 is 0 Å². The molecule has 0 spiro atoms. The molecule has 0 bridgehead atoms. The lowest BCUT2D eigenvalue weighted by atomic mass is 10.0. The molecule has 0 saturated carbocycles. The number of rotatable bonds is 2. The number of benzene rings is 1. The maximum atomic E-state index is 5.76. The highest BCUT2D eigenvalue weighted by atomic mass is 15.0. The van der Waals surface area contributed by atoms with E-state index in [0.717, 1.165) is 35.2 Å². The van der Waals surface area contributed by atoms with Gasteiger partial charge in [0.05, 0.1) is 5.52 Å². The minimum Gasteiger partial charge on any atom is -0.399 e. The number of pyridine rings is 1. The molecule has 1 aliphatic carbocycles. The number of allylic oxidation sites excluding steroid dienone is 1. The zero-order valence-electron chi connectivity index (χ0n) is 10.3. The molecule has 18 heavy (non-hydrogen) atoms. The Morgan fingerprint density at radius 3 is 2.94 bits per heavy atom. The summed E-state index contributed by atoms with van der Waals surface area (Å²) in [6.45, 7) is 0. The van der Waals surface area contributed by atoms with Crippen molar-refractivity contribution in [3.05, 3.63) is 42.5 Å². The SMILES string of the molecule is Nc1ccc2nc(NC3CC=CCC3)ccc2c1. The number of aromatic nitrogens is 1. The first kappa shape index (κ1) is 11.1. The summed E-state index contributed by atoms with van der Waals surface area (Å²) in [5.41, 5.74) is 7.53. The third-order valence-electron chi connectivity index (χ3n) is 3.33. The van der Waals surface area contributed by atoms with Crippen molar-refractivity contribution in [2.24, 2.45) is 0 Å². The van der Waals surface area contributed by atoms with Crippen LogP contribution in [0.1, 0.15) is 19.3 Å². The molecule has 1 aromatic heterocycles. The fourth-order valence-electron chi connectivity index (χ4n) is 2.36. The van der Waals surface area contributed by atoms with Gasteiger partial charge in [-0.25, -0.2) is 4.98 Å². The maximum absolute atomic E-state index is 5.76. The normalized spacial score (nSPS) is 19.0. The topological polar surface area (TPSA) is 50.9 Å². The Balaban J connectivity index is 1.84. The second kappa shape index (κ2) is 4.69. The summed E-state index contributed by atoms with van der Waals surface area (Å²) < 4.78 is 0. The van der Waals surface area contributed by atoms with Crippen LogP contribution in [0.25, 0.3) is 10.9 Å². The summed E-state index contributed by atoms with van der Waals surface area (Å²) in [6.07, 6.45) is 7.90. The van der Waals surface area contributed by atoms with Gasteiger partial charge < -0.3 is 11.1 Å². The van der Waals surface area contributed by atoms with Crippen LogP contribution in [0.15, 0.2) is 42.5 Å². The second-order valence-electron chi connectivity index (χ2n) is 4.77. The highest BCUT2D eigenvalue weighted by Gasteiger charge is 2.10. The van der Waals surface area contributed by atoms with Crippen LogP contribution in [0.5, 0.6) is 0 Å². The van der Waals surface area contributed by atoms with Crippen molar-refractivity contribution in [2.45, 2.75) is 25.3 Å². The van der Waals surface area contributed by atoms with Gasteiger partial charge in [-0.2, -0.15) is 0 Å². The molecule has 2 aromatic rings. The van der Waals surface area contributed by atoms with Gasteiger partial charge in [-0.1, -0.05) is 12.2 Å². The van der Waals surface area contributed by atoms with Crippen LogP contribution in [-0.4, -0.2) is 11.0 Å². The molecule has 0 amide bonds. The molecule has 1 aromatic carbocycles. The van der Waals surface area contributed by atoms with E-state index >= 15 is 0 Å².